The SMILES string of the molecule is CC(C)C1C(=O)Nc2ccc(cc2)Oc2ccc(cc2)NC(=O)C(C(C)C)N(C(C)C)C(=O)CCCCC(=O)N1C(C)C. The molecule has 0 aliphatic carbocycles. The maximum atomic E-state index is 13.5. The highest BCUT2D eigenvalue weighted by atomic mass is 16.5. The van der Waals surface area contributed by atoms with Gasteiger partial charge in [0.1, 0.15) is 23.6 Å². The standard InChI is InChI=1S/C34H48N4O5/c1-21(2)31-33(41)35-25-13-17-27(18-14-25)43-28-19-15-26(16-20-28)36-34(42)32(22(3)4)38(24(7)8)30(40)12-10-9-11-29(39)37(31)23(5)6/h13-24,31-32H,9-12H2,1-8H3,(H,35,41)(H,36,42). The lowest BCUT2D eigenvalue weighted by atomic mass is 9.98. The zero-order chi connectivity index (χ0) is 31.8. The van der Waals surface area contributed by atoms with Crippen molar-refractivity contribution in [2.45, 2.75) is 105 Å². The molecule has 3 aliphatic heterocycles. The Morgan fingerprint density at radius 2 is 0.907 bits per heavy atom. The van der Waals surface area contributed by atoms with Crippen molar-refractivity contribution in [2.75, 3.05) is 10.6 Å². The van der Waals surface area contributed by atoms with Crippen molar-refractivity contribution in [1.29, 1.82) is 0 Å². The minimum absolute atomic E-state index is 0.119. The summed E-state index contributed by atoms with van der Waals surface area (Å²) >= 11 is 0. The molecule has 2 unspecified atom stereocenters. The molecule has 2 N–H and O–H groups in total. The van der Waals surface area contributed by atoms with E-state index in [1.807, 2.05) is 55.4 Å². The van der Waals surface area contributed by atoms with Crippen LogP contribution in [0.15, 0.2) is 48.5 Å². The van der Waals surface area contributed by atoms with E-state index >= 15 is 0 Å². The number of carbonyl (C=O) groups is 4. The predicted octanol–water partition coefficient (Wildman–Crippen LogP) is 6.45. The Labute approximate surface area is 256 Å². The normalized spacial score (nSPS) is 19.8. The minimum Gasteiger partial charge on any atom is -0.457 e. The lowest BCUT2D eigenvalue weighted by molar-refractivity contribution is -0.143. The van der Waals surface area contributed by atoms with Gasteiger partial charge in [-0.1, -0.05) is 27.7 Å². The lowest BCUT2D eigenvalue weighted by Crippen LogP contribution is -2.53. The highest BCUT2D eigenvalue weighted by molar-refractivity contribution is 5.98. The highest BCUT2D eigenvalue weighted by Crippen LogP contribution is 2.27. The summed E-state index contributed by atoms with van der Waals surface area (Å²) in [4.78, 5) is 57.3. The van der Waals surface area contributed by atoms with Gasteiger partial charge < -0.3 is 25.2 Å². The van der Waals surface area contributed by atoms with Crippen LogP contribution < -0.4 is 15.4 Å². The Morgan fingerprint density at radius 3 is 1.19 bits per heavy atom. The van der Waals surface area contributed by atoms with E-state index in [9.17, 15) is 19.2 Å². The largest absolute Gasteiger partial charge is 0.457 e. The van der Waals surface area contributed by atoms with Crippen LogP contribution in [0.25, 0.3) is 0 Å². The number of ether oxygens (including phenoxy) is 1. The van der Waals surface area contributed by atoms with Crippen LogP contribution in [-0.2, 0) is 19.2 Å². The van der Waals surface area contributed by atoms with Crippen molar-refractivity contribution >= 4 is 35.0 Å². The summed E-state index contributed by atoms with van der Waals surface area (Å²) in [5.74, 6) is 0.181. The van der Waals surface area contributed by atoms with Crippen molar-refractivity contribution < 1.29 is 23.9 Å². The van der Waals surface area contributed by atoms with E-state index in [4.69, 9.17) is 4.74 Å². The molecule has 0 saturated carbocycles. The number of hydrogen-bond donors (Lipinski definition) is 2. The zero-order valence-corrected chi connectivity index (χ0v) is 26.8. The zero-order valence-electron chi connectivity index (χ0n) is 26.8. The van der Waals surface area contributed by atoms with E-state index in [-0.39, 0.29) is 60.4 Å². The number of fused-ring (bicyclic) bond motifs is 2. The van der Waals surface area contributed by atoms with Crippen LogP contribution in [0.4, 0.5) is 11.4 Å². The van der Waals surface area contributed by atoms with Crippen LogP contribution in [0.5, 0.6) is 11.5 Å². The molecule has 3 heterocycles. The van der Waals surface area contributed by atoms with Crippen molar-refractivity contribution in [3.8, 4) is 11.5 Å². The molecule has 4 bridgehead atoms. The number of amides is 4. The number of hydrogen-bond acceptors (Lipinski definition) is 5. The van der Waals surface area contributed by atoms with Crippen LogP contribution in [0.3, 0.4) is 0 Å². The van der Waals surface area contributed by atoms with Gasteiger partial charge in [0.05, 0.1) is 0 Å². The van der Waals surface area contributed by atoms with Crippen LogP contribution in [0.1, 0.15) is 81.1 Å². The van der Waals surface area contributed by atoms with Gasteiger partial charge in [0.15, 0.2) is 0 Å². The summed E-state index contributed by atoms with van der Waals surface area (Å²) < 4.78 is 5.98. The van der Waals surface area contributed by atoms with Crippen LogP contribution in [0.2, 0.25) is 0 Å². The van der Waals surface area contributed by atoms with Crippen molar-refractivity contribution in [3.05, 3.63) is 48.5 Å². The number of nitrogens with one attached hydrogen (secondary N) is 2. The van der Waals surface area contributed by atoms with Gasteiger partial charge in [0, 0.05) is 36.3 Å². The molecule has 234 valence electrons. The van der Waals surface area contributed by atoms with Crippen molar-refractivity contribution in [2.24, 2.45) is 11.8 Å². The van der Waals surface area contributed by atoms with Gasteiger partial charge >= 0.3 is 0 Å². The number of rotatable bonds is 4. The maximum absolute atomic E-state index is 13.5. The van der Waals surface area contributed by atoms with Gasteiger partial charge in [-0.25, -0.2) is 0 Å². The molecule has 5 rings (SSSR count). The van der Waals surface area contributed by atoms with Crippen molar-refractivity contribution in [3.63, 3.8) is 0 Å². The molecule has 0 aromatic heterocycles. The minimum atomic E-state index is -0.660. The van der Waals surface area contributed by atoms with E-state index in [1.165, 1.54) is 0 Å². The highest BCUT2D eigenvalue weighted by Gasteiger charge is 2.35. The van der Waals surface area contributed by atoms with E-state index in [0.717, 1.165) is 0 Å². The second kappa shape index (κ2) is 15.0. The Morgan fingerprint density at radius 1 is 0.581 bits per heavy atom. The third kappa shape index (κ3) is 8.81. The molecular weight excluding hydrogens is 544 g/mol. The molecule has 0 spiro atoms. The Kier molecular flexibility index (Phi) is 11.7. The predicted molar refractivity (Wildman–Crippen MR) is 170 cm³/mol. The third-order valence-electron chi connectivity index (χ3n) is 7.60. The van der Waals surface area contributed by atoms with Crippen molar-refractivity contribution in [1.82, 2.24) is 9.80 Å². The van der Waals surface area contributed by atoms with E-state index in [2.05, 4.69) is 10.6 Å². The number of benzene rings is 2. The van der Waals surface area contributed by atoms with Crippen LogP contribution >= 0.6 is 0 Å². The second-order valence-electron chi connectivity index (χ2n) is 12.5. The average molecular weight is 593 g/mol. The molecule has 43 heavy (non-hydrogen) atoms. The summed E-state index contributed by atoms with van der Waals surface area (Å²) in [6.07, 6.45) is 1.44. The maximum Gasteiger partial charge on any atom is 0.247 e. The summed E-state index contributed by atoms with van der Waals surface area (Å²) in [5.41, 5.74) is 1.20. The second-order valence-corrected chi connectivity index (χ2v) is 12.5. The van der Waals surface area contributed by atoms with Gasteiger partial charge in [0.25, 0.3) is 0 Å². The fraction of sp³-hybridized carbons (Fsp3) is 0.529. The summed E-state index contributed by atoms with van der Waals surface area (Å²) in [6.45, 7) is 15.4. The Bertz CT molecular complexity index is 1160. The van der Waals surface area contributed by atoms with Gasteiger partial charge in [-0.05, 0) is 101 Å². The average Bonchev–Trinajstić information content (AvgIpc) is 2.92. The van der Waals surface area contributed by atoms with Gasteiger partial charge in [-0.15, -0.1) is 0 Å². The van der Waals surface area contributed by atoms with Crippen LogP contribution in [0, 0.1) is 11.8 Å². The fourth-order valence-corrected chi connectivity index (χ4v) is 5.62. The first-order valence-corrected chi connectivity index (χ1v) is 15.4. The molecule has 0 radical (unpaired) electrons. The van der Waals surface area contributed by atoms with E-state index in [1.54, 1.807) is 58.3 Å². The summed E-state index contributed by atoms with van der Waals surface area (Å²) in [5, 5.41) is 5.94. The molecule has 9 nitrogen and oxygen atoms in total. The molecule has 0 fully saturated rings. The molecule has 2 atom stereocenters. The first-order chi connectivity index (χ1) is 20.3. The molecule has 4 amide bonds. The first-order valence-electron chi connectivity index (χ1n) is 15.4. The van der Waals surface area contributed by atoms with E-state index in [0.29, 0.717) is 35.7 Å². The van der Waals surface area contributed by atoms with Crippen LogP contribution in [-0.4, -0.2) is 57.6 Å². The molecular formula is C34H48N4O5. The smallest absolute Gasteiger partial charge is 0.247 e. The van der Waals surface area contributed by atoms with Gasteiger partial charge in [0.2, 0.25) is 23.6 Å². The summed E-state index contributed by atoms with van der Waals surface area (Å²) in [6, 6.07) is 12.4. The molecule has 2 aromatic rings. The Hall–Kier alpha value is -3.88. The summed E-state index contributed by atoms with van der Waals surface area (Å²) in [7, 11) is 0. The number of anilines is 2. The quantitative estimate of drug-likeness (QED) is 0.424. The van der Waals surface area contributed by atoms with Gasteiger partial charge in [-0.2, -0.15) is 0 Å². The molecule has 3 aliphatic rings. The first kappa shape index (κ1) is 33.6. The lowest BCUT2D eigenvalue weighted by Gasteiger charge is -2.37. The number of carbonyl (C=O) groups excluding carboxylic acids is 4. The third-order valence-corrected chi connectivity index (χ3v) is 7.60. The van der Waals surface area contributed by atoms with E-state index < -0.39 is 12.1 Å². The van der Waals surface area contributed by atoms with Gasteiger partial charge in [-0.3, -0.25) is 19.2 Å². The number of nitrogens with zero attached hydrogens (tertiary/aromatic N) is 2. The molecule has 2 aromatic carbocycles. The topological polar surface area (TPSA) is 108 Å². The molecule has 0 saturated heterocycles. The monoisotopic (exact) mass is 592 g/mol. The Balaban J connectivity index is 1.96. The fourth-order valence-electron chi connectivity index (χ4n) is 5.62. The molecule has 9 heteroatoms.